The van der Waals surface area contributed by atoms with E-state index in [9.17, 15) is 35.6 Å². The van der Waals surface area contributed by atoms with Crippen LogP contribution in [0.5, 0.6) is 0 Å². The van der Waals surface area contributed by atoms with Gasteiger partial charge in [-0.3, -0.25) is 13.9 Å². The van der Waals surface area contributed by atoms with E-state index in [2.05, 4.69) is 5.32 Å². The van der Waals surface area contributed by atoms with E-state index < -0.39 is 52.0 Å². The molecule has 0 heterocycles. The summed E-state index contributed by atoms with van der Waals surface area (Å²) in [5.41, 5.74) is 0.479. The average Bonchev–Trinajstić information content (AvgIpc) is 3.59. The third-order valence-corrected chi connectivity index (χ3v) is 10.4. The van der Waals surface area contributed by atoms with Crippen molar-refractivity contribution in [3.05, 3.63) is 131 Å². The van der Waals surface area contributed by atoms with Crippen LogP contribution < -0.4 is 9.62 Å². The molecule has 1 unspecified atom stereocenters. The number of nitrogens with zero attached hydrogens (tertiary/aromatic N) is 2. The molecule has 4 aromatic rings. The molecular weight excluding hydrogens is 658 g/mol. The Labute approximate surface area is 283 Å². The lowest BCUT2D eigenvalue weighted by atomic mass is 10.0. The van der Waals surface area contributed by atoms with Gasteiger partial charge in [-0.2, -0.15) is 13.2 Å². The molecule has 12 heteroatoms. The number of sulfonamides is 1. The number of carbonyl (C=O) groups excluding carboxylic acids is 2. The lowest BCUT2D eigenvalue weighted by molar-refractivity contribution is -0.140. The second kappa shape index (κ2) is 15.2. The van der Waals surface area contributed by atoms with E-state index in [4.69, 9.17) is 0 Å². The van der Waals surface area contributed by atoms with Gasteiger partial charge in [0.25, 0.3) is 10.0 Å². The first-order valence-electron chi connectivity index (χ1n) is 16.0. The standard InChI is InChI=1S/C37H37F4N3O4S/c1-26-14-20-33(21-15-26)49(47,48)44(32-13-7-10-29(23-32)37(39,40)41)25-35(45)43(24-28-16-18-30(38)19-17-28)34(22-27-8-3-2-4-9-27)36(46)42-31-11-5-6-12-31/h2-4,7-10,13-21,23,31,34H,5-6,11-12,22,24-25H2,1H3,(H,42,46). The van der Waals surface area contributed by atoms with Gasteiger partial charge in [0.15, 0.2) is 0 Å². The van der Waals surface area contributed by atoms with Crippen molar-refractivity contribution in [2.75, 3.05) is 10.8 Å². The first-order chi connectivity index (χ1) is 23.3. The van der Waals surface area contributed by atoms with Crippen molar-refractivity contribution in [2.24, 2.45) is 0 Å². The molecule has 1 saturated carbocycles. The molecule has 0 aliphatic heterocycles. The van der Waals surface area contributed by atoms with Gasteiger partial charge in [0.1, 0.15) is 18.4 Å². The Hall–Kier alpha value is -4.71. The monoisotopic (exact) mass is 695 g/mol. The van der Waals surface area contributed by atoms with Crippen LogP contribution in [-0.4, -0.2) is 43.8 Å². The molecular formula is C37H37F4N3O4S. The molecule has 1 aliphatic carbocycles. The minimum absolute atomic E-state index is 0.0700. The van der Waals surface area contributed by atoms with Gasteiger partial charge in [-0.05, 0) is 73.4 Å². The number of carbonyl (C=O) groups is 2. The zero-order chi connectivity index (χ0) is 35.2. The van der Waals surface area contributed by atoms with E-state index in [1.54, 1.807) is 49.4 Å². The summed E-state index contributed by atoms with van der Waals surface area (Å²) in [4.78, 5) is 29.6. The second-order valence-electron chi connectivity index (χ2n) is 12.2. The number of halogens is 4. The Balaban J connectivity index is 1.59. The lowest BCUT2D eigenvalue weighted by Gasteiger charge is -2.34. The van der Waals surface area contributed by atoms with E-state index in [1.165, 1.54) is 47.4 Å². The Morgan fingerprint density at radius 3 is 2.14 bits per heavy atom. The number of benzene rings is 4. The zero-order valence-corrected chi connectivity index (χ0v) is 27.7. The van der Waals surface area contributed by atoms with Crippen LogP contribution in [0.3, 0.4) is 0 Å². The Bertz CT molecular complexity index is 1850. The van der Waals surface area contributed by atoms with E-state index in [1.807, 2.05) is 0 Å². The molecule has 2 amide bonds. The van der Waals surface area contributed by atoms with Crippen LogP contribution in [-0.2, 0) is 38.8 Å². The third-order valence-electron chi connectivity index (χ3n) is 8.59. The highest BCUT2D eigenvalue weighted by atomic mass is 32.2. The van der Waals surface area contributed by atoms with Crippen LogP contribution in [0.2, 0.25) is 0 Å². The van der Waals surface area contributed by atoms with Crippen molar-refractivity contribution < 1.29 is 35.6 Å². The smallest absolute Gasteiger partial charge is 0.352 e. The summed E-state index contributed by atoms with van der Waals surface area (Å²) in [5, 5.41) is 3.05. The van der Waals surface area contributed by atoms with Gasteiger partial charge < -0.3 is 10.2 Å². The molecule has 5 rings (SSSR count). The van der Waals surface area contributed by atoms with E-state index in [0.717, 1.165) is 48.9 Å². The number of amides is 2. The highest BCUT2D eigenvalue weighted by molar-refractivity contribution is 7.92. The molecule has 49 heavy (non-hydrogen) atoms. The summed E-state index contributed by atoms with van der Waals surface area (Å²) in [7, 11) is -4.60. The SMILES string of the molecule is Cc1ccc(S(=O)(=O)N(CC(=O)N(Cc2ccc(F)cc2)C(Cc2ccccc2)C(=O)NC2CCCC2)c2cccc(C(F)(F)F)c2)cc1. The van der Waals surface area contributed by atoms with Crippen LogP contribution in [0.15, 0.2) is 108 Å². The maximum absolute atomic E-state index is 14.5. The fraction of sp³-hybridized carbons (Fsp3) is 0.297. The van der Waals surface area contributed by atoms with Crippen LogP contribution in [0, 0.1) is 12.7 Å². The summed E-state index contributed by atoms with van der Waals surface area (Å²) in [6, 6.07) is 22.6. The predicted molar refractivity (Wildman–Crippen MR) is 178 cm³/mol. The molecule has 1 aliphatic rings. The predicted octanol–water partition coefficient (Wildman–Crippen LogP) is 7.05. The summed E-state index contributed by atoms with van der Waals surface area (Å²) in [6.07, 6.45) is -1.29. The normalized spacial score (nSPS) is 14.3. The first-order valence-corrected chi connectivity index (χ1v) is 17.4. The van der Waals surface area contributed by atoms with E-state index >= 15 is 0 Å². The fourth-order valence-corrected chi connectivity index (χ4v) is 7.32. The minimum atomic E-state index is -4.78. The van der Waals surface area contributed by atoms with Gasteiger partial charge in [-0.25, -0.2) is 12.8 Å². The van der Waals surface area contributed by atoms with Gasteiger partial charge in [0.05, 0.1) is 16.1 Å². The number of alkyl halides is 3. The number of anilines is 1. The van der Waals surface area contributed by atoms with Crippen molar-refractivity contribution in [1.29, 1.82) is 0 Å². The van der Waals surface area contributed by atoms with Crippen LogP contribution in [0.4, 0.5) is 23.2 Å². The number of hydrogen-bond acceptors (Lipinski definition) is 4. The first kappa shape index (κ1) is 35.6. The quantitative estimate of drug-likeness (QED) is 0.161. The molecule has 1 fully saturated rings. The van der Waals surface area contributed by atoms with Gasteiger partial charge >= 0.3 is 6.18 Å². The molecule has 0 saturated heterocycles. The highest BCUT2D eigenvalue weighted by Gasteiger charge is 2.37. The maximum Gasteiger partial charge on any atom is 0.416 e. The largest absolute Gasteiger partial charge is 0.416 e. The van der Waals surface area contributed by atoms with Crippen LogP contribution >= 0.6 is 0 Å². The Morgan fingerprint density at radius 2 is 1.51 bits per heavy atom. The van der Waals surface area contributed by atoms with Gasteiger partial charge in [0, 0.05) is 19.0 Å². The molecule has 4 aromatic carbocycles. The van der Waals surface area contributed by atoms with Gasteiger partial charge in [-0.15, -0.1) is 0 Å². The number of aryl methyl sites for hydroxylation is 1. The van der Waals surface area contributed by atoms with Crippen LogP contribution in [0.1, 0.15) is 47.9 Å². The van der Waals surface area contributed by atoms with Crippen molar-refractivity contribution in [2.45, 2.75) is 68.7 Å². The summed E-state index contributed by atoms with van der Waals surface area (Å²) in [5.74, 6) is -1.79. The summed E-state index contributed by atoms with van der Waals surface area (Å²) in [6.45, 7) is 0.637. The number of nitrogens with one attached hydrogen (secondary N) is 1. The van der Waals surface area contributed by atoms with Crippen molar-refractivity contribution in [3.63, 3.8) is 0 Å². The number of rotatable bonds is 12. The van der Waals surface area contributed by atoms with E-state index in [0.29, 0.717) is 15.9 Å². The molecule has 1 N–H and O–H groups in total. The van der Waals surface area contributed by atoms with Crippen molar-refractivity contribution in [3.8, 4) is 0 Å². The van der Waals surface area contributed by atoms with Crippen LogP contribution in [0.25, 0.3) is 0 Å². The molecule has 0 bridgehead atoms. The van der Waals surface area contributed by atoms with Gasteiger partial charge in [-0.1, -0.05) is 79.1 Å². The molecule has 0 spiro atoms. The van der Waals surface area contributed by atoms with Crippen molar-refractivity contribution >= 4 is 27.5 Å². The van der Waals surface area contributed by atoms with E-state index in [-0.39, 0.29) is 29.6 Å². The molecule has 0 aromatic heterocycles. The number of hydrogen-bond donors (Lipinski definition) is 1. The third kappa shape index (κ3) is 9.05. The Kier molecular flexibility index (Phi) is 11.1. The maximum atomic E-state index is 14.5. The zero-order valence-electron chi connectivity index (χ0n) is 26.9. The molecule has 258 valence electrons. The molecule has 0 radical (unpaired) electrons. The minimum Gasteiger partial charge on any atom is -0.352 e. The van der Waals surface area contributed by atoms with Crippen molar-refractivity contribution in [1.82, 2.24) is 10.2 Å². The molecule has 1 atom stereocenters. The fourth-order valence-electron chi connectivity index (χ4n) is 5.91. The highest BCUT2D eigenvalue weighted by Crippen LogP contribution is 2.33. The summed E-state index contributed by atoms with van der Waals surface area (Å²) >= 11 is 0. The Morgan fingerprint density at radius 1 is 0.857 bits per heavy atom. The average molecular weight is 696 g/mol. The van der Waals surface area contributed by atoms with Gasteiger partial charge in [0.2, 0.25) is 11.8 Å². The molecule has 7 nitrogen and oxygen atoms in total. The topological polar surface area (TPSA) is 86.8 Å². The summed E-state index contributed by atoms with van der Waals surface area (Å²) < 4.78 is 84.2. The lowest BCUT2D eigenvalue weighted by Crippen LogP contribution is -2.54. The second-order valence-corrected chi connectivity index (χ2v) is 14.1.